The monoisotopic (exact) mass is 430 g/mol. The van der Waals surface area contributed by atoms with Crippen molar-refractivity contribution in [1.29, 1.82) is 0 Å². The standard InChI is InChI=1S/C21H34O9/c1-7-10(4)19(25)28-16-13(22)14(23)17(29-20(26)11(5)8-2)18(15(16)24)30-21(27)12(6)9-3/h7,11-18,22-24H,8-9H2,1-6H3/b10-7-/t11-,12+,13+,14+,15+,16-,17-,18+/m0/s1. The van der Waals surface area contributed by atoms with Gasteiger partial charge in [0, 0.05) is 5.57 Å². The van der Waals surface area contributed by atoms with Crippen LogP contribution in [0.5, 0.6) is 0 Å². The van der Waals surface area contributed by atoms with Crippen molar-refractivity contribution in [2.45, 2.75) is 91.0 Å². The first-order valence-corrected chi connectivity index (χ1v) is 10.3. The first-order valence-electron chi connectivity index (χ1n) is 10.3. The molecule has 1 aliphatic carbocycles. The van der Waals surface area contributed by atoms with Crippen molar-refractivity contribution in [1.82, 2.24) is 0 Å². The molecule has 1 aliphatic rings. The van der Waals surface area contributed by atoms with Crippen molar-refractivity contribution in [3.8, 4) is 0 Å². The zero-order valence-electron chi connectivity index (χ0n) is 18.4. The number of ether oxygens (including phenoxy) is 3. The summed E-state index contributed by atoms with van der Waals surface area (Å²) in [6.07, 6.45) is -7.46. The van der Waals surface area contributed by atoms with Gasteiger partial charge < -0.3 is 29.5 Å². The minimum absolute atomic E-state index is 0.224. The second kappa shape index (κ2) is 11.4. The van der Waals surface area contributed by atoms with E-state index >= 15 is 0 Å². The number of esters is 3. The SMILES string of the molecule is C/C=C(/C)C(=O)O[C@H]1[C@H](O)[C@@H](O)[C@H](OC(=O)[C@@H](C)CC)[C@H](OC(=O)[C@H](C)CC)[C@@H]1O. The Balaban J connectivity index is 3.22. The molecule has 0 radical (unpaired) electrons. The average Bonchev–Trinajstić information content (AvgIpc) is 2.74. The van der Waals surface area contributed by atoms with Gasteiger partial charge in [-0.1, -0.05) is 33.8 Å². The highest BCUT2D eigenvalue weighted by molar-refractivity contribution is 5.87. The fraction of sp³-hybridized carbons (Fsp3) is 0.762. The Bertz CT molecular complexity index is 644. The van der Waals surface area contributed by atoms with Crippen LogP contribution in [0.15, 0.2) is 11.6 Å². The first-order chi connectivity index (χ1) is 14.0. The first kappa shape index (κ1) is 26.1. The second-order valence-corrected chi connectivity index (χ2v) is 7.73. The van der Waals surface area contributed by atoms with Crippen LogP contribution in [-0.4, -0.2) is 69.9 Å². The Morgan fingerprint density at radius 1 is 0.800 bits per heavy atom. The number of aliphatic hydroxyl groups is 3. The summed E-state index contributed by atoms with van der Waals surface area (Å²) in [7, 11) is 0. The van der Waals surface area contributed by atoms with E-state index in [0.717, 1.165) is 0 Å². The number of hydrogen-bond acceptors (Lipinski definition) is 9. The van der Waals surface area contributed by atoms with Crippen LogP contribution >= 0.6 is 0 Å². The lowest BCUT2D eigenvalue weighted by atomic mass is 9.84. The molecule has 0 aromatic rings. The molecule has 0 unspecified atom stereocenters. The highest BCUT2D eigenvalue weighted by atomic mass is 16.6. The molecule has 172 valence electrons. The third-order valence-electron chi connectivity index (χ3n) is 5.55. The van der Waals surface area contributed by atoms with Gasteiger partial charge in [0.05, 0.1) is 11.8 Å². The van der Waals surface area contributed by atoms with E-state index in [0.29, 0.717) is 12.8 Å². The highest BCUT2D eigenvalue weighted by Gasteiger charge is 2.55. The topological polar surface area (TPSA) is 140 Å². The molecule has 0 heterocycles. The second-order valence-electron chi connectivity index (χ2n) is 7.73. The number of carbonyl (C=O) groups is 3. The number of hydrogen-bond donors (Lipinski definition) is 3. The molecule has 1 rings (SSSR count). The van der Waals surface area contributed by atoms with Gasteiger partial charge in [-0.2, -0.15) is 0 Å². The van der Waals surface area contributed by atoms with Gasteiger partial charge >= 0.3 is 17.9 Å². The van der Waals surface area contributed by atoms with E-state index in [-0.39, 0.29) is 5.57 Å². The molecule has 3 N–H and O–H groups in total. The largest absolute Gasteiger partial charge is 0.455 e. The molecule has 1 saturated carbocycles. The summed E-state index contributed by atoms with van der Waals surface area (Å²) < 4.78 is 15.8. The normalized spacial score (nSPS) is 31.4. The van der Waals surface area contributed by atoms with Crippen molar-refractivity contribution in [2.24, 2.45) is 11.8 Å². The van der Waals surface area contributed by atoms with E-state index in [2.05, 4.69) is 0 Å². The fourth-order valence-electron chi connectivity index (χ4n) is 2.75. The number of aliphatic hydroxyl groups excluding tert-OH is 3. The number of carbonyl (C=O) groups excluding carboxylic acids is 3. The maximum Gasteiger partial charge on any atom is 0.333 e. The van der Waals surface area contributed by atoms with Crippen LogP contribution in [0.1, 0.15) is 54.4 Å². The van der Waals surface area contributed by atoms with E-state index in [1.807, 2.05) is 0 Å². The molecule has 0 bridgehead atoms. The minimum Gasteiger partial charge on any atom is -0.455 e. The minimum atomic E-state index is -1.76. The van der Waals surface area contributed by atoms with Crippen molar-refractivity contribution >= 4 is 17.9 Å². The van der Waals surface area contributed by atoms with Gasteiger partial charge in [-0.25, -0.2) is 4.79 Å². The fourth-order valence-corrected chi connectivity index (χ4v) is 2.75. The maximum absolute atomic E-state index is 12.3. The van der Waals surface area contributed by atoms with Gasteiger partial charge in [-0.15, -0.1) is 0 Å². The summed E-state index contributed by atoms with van der Waals surface area (Å²) in [6, 6.07) is 0. The molecule has 0 aromatic heterocycles. The molecule has 8 atom stereocenters. The summed E-state index contributed by atoms with van der Waals surface area (Å²) in [5, 5.41) is 31.8. The van der Waals surface area contributed by atoms with E-state index in [4.69, 9.17) is 14.2 Å². The summed E-state index contributed by atoms with van der Waals surface area (Å²) >= 11 is 0. The van der Waals surface area contributed by atoms with E-state index in [9.17, 15) is 29.7 Å². The Morgan fingerprint density at radius 2 is 1.20 bits per heavy atom. The molecule has 0 saturated heterocycles. The van der Waals surface area contributed by atoms with Crippen LogP contribution in [0.3, 0.4) is 0 Å². The lowest BCUT2D eigenvalue weighted by Crippen LogP contribution is -2.66. The number of rotatable bonds is 8. The van der Waals surface area contributed by atoms with Crippen LogP contribution in [0.25, 0.3) is 0 Å². The van der Waals surface area contributed by atoms with Crippen LogP contribution in [0, 0.1) is 11.8 Å². The quantitative estimate of drug-likeness (QED) is 0.291. The van der Waals surface area contributed by atoms with Gasteiger partial charge in [0.15, 0.2) is 18.3 Å². The van der Waals surface area contributed by atoms with Crippen LogP contribution in [-0.2, 0) is 28.6 Å². The molecule has 30 heavy (non-hydrogen) atoms. The summed E-state index contributed by atoms with van der Waals surface area (Å²) in [5.41, 5.74) is 0.224. The van der Waals surface area contributed by atoms with Crippen molar-refractivity contribution in [3.63, 3.8) is 0 Å². The zero-order valence-corrected chi connectivity index (χ0v) is 18.4. The van der Waals surface area contributed by atoms with Crippen LogP contribution in [0.4, 0.5) is 0 Å². The number of allylic oxidation sites excluding steroid dienone is 1. The summed E-state index contributed by atoms with van der Waals surface area (Å²) in [5.74, 6) is -3.19. The highest BCUT2D eigenvalue weighted by Crippen LogP contribution is 2.30. The molecular weight excluding hydrogens is 396 g/mol. The lowest BCUT2D eigenvalue weighted by molar-refractivity contribution is -0.248. The summed E-state index contributed by atoms with van der Waals surface area (Å²) in [6.45, 7) is 9.88. The van der Waals surface area contributed by atoms with Crippen molar-refractivity contribution in [2.75, 3.05) is 0 Å². The maximum atomic E-state index is 12.3. The smallest absolute Gasteiger partial charge is 0.333 e. The van der Waals surface area contributed by atoms with Gasteiger partial charge in [0.1, 0.15) is 18.3 Å². The van der Waals surface area contributed by atoms with E-state index < -0.39 is 66.4 Å². The molecule has 0 amide bonds. The van der Waals surface area contributed by atoms with Crippen LogP contribution in [0.2, 0.25) is 0 Å². The summed E-state index contributed by atoms with van der Waals surface area (Å²) in [4.78, 5) is 36.7. The Kier molecular flexibility index (Phi) is 9.93. The predicted molar refractivity (Wildman–Crippen MR) is 106 cm³/mol. The lowest BCUT2D eigenvalue weighted by Gasteiger charge is -2.44. The molecule has 0 spiro atoms. The van der Waals surface area contributed by atoms with Crippen molar-refractivity contribution < 1.29 is 43.9 Å². The molecule has 0 aliphatic heterocycles. The Labute approximate surface area is 177 Å². The van der Waals surface area contributed by atoms with E-state index in [1.54, 1.807) is 34.6 Å². The predicted octanol–water partition coefficient (Wildman–Crippen LogP) is 0.876. The Hall–Kier alpha value is -1.97. The van der Waals surface area contributed by atoms with Gasteiger partial charge in [-0.05, 0) is 26.7 Å². The van der Waals surface area contributed by atoms with Crippen molar-refractivity contribution in [3.05, 3.63) is 11.6 Å². The Morgan fingerprint density at radius 3 is 1.60 bits per heavy atom. The van der Waals surface area contributed by atoms with Crippen LogP contribution < -0.4 is 0 Å². The van der Waals surface area contributed by atoms with Gasteiger partial charge in [-0.3, -0.25) is 9.59 Å². The third kappa shape index (κ3) is 6.02. The zero-order chi connectivity index (χ0) is 23.2. The average molecular weight is 430 g/mol. The molecule has 9 nitrogen and oxygen atoms in total. The molecule has 9 heteroatoms. The molecule has 1 fully saturated rings. The molecular formula is C21H34O9. The van der Waals surface area contributed by atoms with Gasteiger partial charge in [0.2, 0.25) is 0 Å². The molecule has 0 aromatic carbocycles. The van der Waals surface area contributed by atoms with Gasteiger partial charge in [0.25, 0.3) is 0 Å². The van der Waals surface area contributed by atoms with E-state index in [1.165, 1.54) is 13.0 Å². The third-order valence-corrected chi connectivity index (χ3v) is 5.55.